The second-order valence-corrected chi connectivity index (χ2v) is 9.41. The Bertz CT molecular complexity index is 1250. The van der Waals surface area contributed by atoms with Gasteiger partial charge in [0.15, 0.2) is 0 Å². The first-order chi connectivity index (χ1) is 17.6. The molecule has 2 aliphatic heterocycles. The van der Waals surface area contributed by atoms with E-state index in [0.717, 1.165) is 36.1 Å². The van der Waals surface area contributed by atoms with Crippen molar-refractivity contribution in [2.75, 3.05) is 31.6 Å². The molecule has 3 atom stereocenters. The van der Waals surface area contributed by atoms with E-state index in [-0.39, 0.29) is 36.5 Å². The highest BCUT2D eigenvalue weighted by atomic mass is 19.1. The zero-order chi connectivity index (χ0) is 24.9. The van der Waals surface area contributed by atoms with Gasteiger partial charge in [-0.3, -0.25) is 4.90 Å². The number of carbonyl (C=O) groups is 1. The van der Waals surface area contributed by atoms with Crippen molar-refractivity contribution in [3.8, 4) is 11.8 Å². The van der Waals surface area contributed by atoms with E-state index in [4.69, 9.17) is 0 Å². The lowest BCUT2D eigenvalue weighted by Crippen LogP contribution is -2.68. The van der Waals surface area contributed by atoms with Gasteiger partial charge in [0.05, 0.1) is 6.61 Å². The lowest BCUT2D eigenvalue weighted by Gasteiger charge is -2.57. The van der Waals surface area contributed by atoms with E-state index in [1.165, 1.54) is 12.1 Å². The molecule has 184 valence electrons. The maximum absolute atomic E-state index is 13.6. The van der Waals surface area contributed by atoms with Crippen LogP contribution in [-0.4, -0.2) is 59.3 Å². The van der Waals surface area contributed by atoms with Crippen LogP contribution in [0.5, 0.6) is 0 Å². The van der Waals surface area contributed by atoms with E-state index < -0.39 is 0 Å². The Morgan fingerprint density at radius 1 is 0.944 bits per heavy atom. The summed E-state index contributed by atoms with van der Waals surface area (Å²) in [6.45, 7) is 2.19. The van der Waals surface area contributed by atoms with Gasteiger partial charge in [-0.05, 0) is 67.4 Å². The molecule has 2 saturated heterocycles. The third-order valence-electron chi connectivity index (χ3n) is 7.15. The van der Waals surface area contributed by atoms with Crippen molar-refractivity contribution in [3.63, 3.8) is 0 Å². The van der Waals surface area contributed by atoms with Crippen LogP contribution >= 0.6 is 0 Å². The summed E-state index contributed by atoms with van der Waals surface area (Å²) < 4.78 is 13.6. The Morgan fingerprint density at radius 2 is 1.67 bits per heavy atom. The molecule has 6 heteroatoms. The molecule has 5 nitrogen and oxygen atoms in total. The maximum atomic E-state index is 13.6. The zero-order valence-corrected chi connectivity index (χ0v) is 20.1. The van der Waals surface area contributed by atoms with Gasteiger partial charge in [-0.25, -0.2) is 9.18 Å². The maximum Gasteiger partial charge on any atom is 0.321 e. The van der Waals surface area contributed by atoms with E-state index in [0.29, 0.717) is 18.8 Å². The standard InChI is InChI=1S/C30H30FN3O2/c31-25-9-6-10-26(19-25)32-30(36)33-17-4-5-18-34-27(20-33)29(28(34)21-35)24-15-13-23(14-16-24)12-11-22-7-2-1-3-8-22/h1-3,6-10,13-16,19,27-29,35H,4-5,17-18,20-21H2,(H,32,36)/t27-,28-,29+/m0/s1. The van der Waals surface area contributed by atoms with Crippen LogP contribution in [0.25, 0.3) is 0 Å². The number of urea groups is 1. The SMILES string of the molecule is O=C(Nc1cccc(F)c1)N1CCCCN2[C@@H](CO)[C@H](c3ccc(C#Cc4ccccc4)cc3)[C@@H]2C1. The van der Waals surface area contributed by atoms with E-state index in [1.807, 2.05) is 47.4 Å². The molecule has 0 unspecified atom stereocenters. The topological polar surface area (TPSA) is 55.8 Å². The number of hydrogen-bond donors (Lipinski definition) is 2. The van der Waals surface area contributed by atoms with Gasteiger partial charge in [0.1, 0.15) is 5.82 Å². The van der Waals surface area contributed by atoms with Crippen LogP contribution < -0.4 is 5.32 Å². The van der Waals surface area contributed by atoms with Gasteiger partial charge in [-0.2, -0.15) is 0 Å². The lowest BCUT2D eigenvalue weighted by atomic mass is 9.74. The largest absolute Gasteiger partial charge is 0.395 e. The molecule has 3 aromatic rings. The Labute approximate surface area is 211 Å². The molecule has 0 radical (unpaired) electrons. The summed E-state index contributed by atoms with van der Waals surface area (Å²) in [6.07, 6.45) is 1.84. The number of nitrogens with one attached hydrogen (secondary N) is 1. The second kappa shape index (κ2) is 10.9. The first-order valence-electron chi connectivity index (χ1n) is 12.5. The number of halogens is 1. The number of benzene rings is 3. The average molecular weight is 484 g/mol. The van der Waals surface area contributed by atoms with Crippen LogP contribution in [0.4, 0.5) is 14.9 Å². The highest BCUT2D eigenvalue weighted by Gasteiger charge is 2.49. The third kappa shape index (κ3) is 5.28. The summed E-state index contributed by atoms with van der Waals surface area (Å²) in [6, 6.07) is 24.0. The van der Waals surface area contributed by atoms with Crippen LogP contribution in [0.15, 0.2) is 78.9 Å². The molecule has 2 amide bonds. The summed E-state index contributed by atoms with van der Waals surface area (Å²) in [5.74, 6) is 6.14. The highest BCUT2D eigenvalue weighted by molar-refractivity contribution is 5.89. The number of amides is 2. The number of rotatable bonds is 3. The van der Waals surface area contributed by atoms with Gasteiger partial charge >= 0.3 is 6.03 Å². The van der Waals surface area contributed by atoms with Gasteiger partial charge in [0.25, 0.3) is 0 Å². The van der Waals surface area contributed by atoms with Gasteiger partial charge < -0.3 is 15.3 Å². The summed E-state index contributed by atoms with van der Waals surface area (Å²) in [5.41, 5.74) is 3.51. The first kappa shape index (κ1) is 24.1. The van der Waals surface area contributed by atoms with Gasteiger partial charge in [0, 0.05) is 47.9 Å². The number of fused-ring (bicyclic) bond motifs is 1. The molecule has 0 saturated carbocycles. The molecule has 3 aromatic carbocycles. The molecule has 5 rings (SSSR count). The fourth-order valence-corrected chi connectivity index (χ4v) is 5.35. The normalized spacial score (nSPS) is 21.7. The second-order valence-electron chi connectivity index (χ2n) is 9.41. The lowest BCUT2D eigenvalue weighted by molar-refractivity contribution is -0.0585. The Hall–Kier alpha value is -3.66. The van der Waals surface area contributed by atoms with Crippen molar-refractivity contribution < 1.29 is 14.3 Å². The fourth-order valence-electron chi connectivity index (χ4n) is 5.35. The molecule has 2 heterocycles. The van der Waals surface area contributed by atoms with Gasteiger partial charge in [-0.1, -0.05) is 48.2 Å². The van der Waals surface area contributed by atoms with E-state index >= 15 is 0 Å². The Kier molecular flexibility index (Phi) is 7.31. The molecule has 2 fully saturated rings. The highest BCUT2D eigenvalue weighted by Crippen LogP contribution is 2.42. The summed E-state index contributed by atoms with van der Waals surface area (Å²) in [4.78, 5) is 17.2. The average Bonchev–Trinajstić information content (AvgIpc) is 2.88. The molecular weight excluding hydrogens is 453 g/mol. The minimum absolute atomic E-state index is 0.0301. The van der Waals surface area contributed by atoms with Crippen LogP contribution in [0.1, 0.15) is 35.4 Å². The van der Waals surface area contributed by atoms with Crippen LogP contribution in [0.3, 0.4) is 0 Å². The molecule has 0 aliphatic carbocycles. The number of hydrogen-bond acceptors (Lipinski definition) is 3. The van der Waals surface area contributed by atoms with Gasteiger partial charge in [0.2, 0.25) is 0 Å². The fraction of sp³-hybridized carbons (Fsp3) is 0.300. The Balaban J connectivity index is 1.32. The van der Waals surface area contributed by atoms with Crippen molar-refractivity contribution in [2.24, 2.45) is 0 Å². The summed E-state index contributed by atoms with van der Waals surface area (Å²) in [5, 5.41) is 13.0. The molecule has 0 spiro atoms. The predicted octanol–water partition coefficient (Wildman–Crippen LogP) is 4.68. The molecule has 2 N–H and O–H groups in total. The molecule has 0 bridgehead atoms. The van der Waals surface area contributed by atoms with E-state index in [2.05, 4.69) is 34.2 Å². The monoisotopic (exact) mass is 483 g/mol. The number of carbonyl (C=O) groups excluding carboxylic acids is 1. The molecule has 0 aromatic heterocycles. The minimum atomic E-state index is -0.381. The van der Waals surface area contributed by atoms with Crippen molar-refractivity contribution in [3.05, 3.63) is 101 Å². The van der Waals surface area contributed by atoms with Crippen LogP contribution in [-0.2, 0) is 0 Å². The molecule has 36 heavy (non-hydrogen) atoms. The van der Waals surface area contributed by atoms with Gasteiger partial charge in [-0.15, -0.1) is 0 Å². The summed E-state index contributed by atoms with van der Waals surface area (Å²) >= 11 is 0. The van der Waals surface area contributed by atoms with Crippen molar-refractivity contribution >= 4 is 11.7 Å². The van der Waals surface area contributed by atoms with Crippen LogP contribution in [0.2, 0.25) is 0 Å². The molecular formula is C30H30FN3O2. The zero-order valence-electron chi connectivity index (χ0n) is 20.1. The number of aliphatic hydroxyl groups is 1. The van der Waals surface area contributed by atoms with Crippen molar-refractivity contribution in [2.45, 2.75) is 30.8 Å². The number of anilines is 1. The number of nitrogens with zero attached hydrogens (tertiary/aromatic N) is 2. The predicted molar refractivity (Wildman–Crippen MR) is 139 cm³/mol. The van der Waals surface area contributed by atoms with Crippen molar-refractivity contribution in [1.82, 2.24) is 9.80 Å². The van der Waals surface area contributed by atoms with E-state index in [9.17, 15) is 14.3 Å². The minimum Gasteiger partial charge on any atom is -0.395 e. The van der Waals surface area contributed by atoms with Crippen LogP contribution in [0, 0.1) is 17.7 Å². The number of aliphatic hydroxyl groups excluding tert-OH is 1. The Morgan fingerprint density at radius 3 is 2.39 bits per heavy atom. The van der Waals surface area contributed by atoms with Crippen molar-refractivity contribution in [1.29, 1.82) is 0 Å². The quantitative estimate of drug-likeness (QED) is 0.532. The first-order valence-corrected chi connectivity index (χ1v) is 12.5. The third-order valence-corrected chi connectivity index (χ3v) is 7.15. The van der Waals surface area contributed by atoms with E-state index in [1.54, 1.807) is 12.1 Å². The smallest absolute Gasteiger partial charge is 0.321 e. The summed E-state index contributed by atoms with van der Waals surface area (Å²) in [7, 11) is 0. The molecule has 2 aliphatic rings.